The van der Waals surface area contributed by atoms with Crippen molar-refractivity contribution >= 4 is 11.9 Å². The number of nitrogens with one attached hydrogen (secondary N) is 1. The van der Waals surface area contributed by atoms with Crippen molar-refractivity contribution in [2.24, 2.45) is 0 Å². The molecule has 2 atom stereocenters. The van der Waals surface area contributed by atoms with Gasteiger partial charge in [-0.25, -0.2) is 0 Å². The largest absolute Gasteiger partial charge is 0.480 e. The van der Waals surface area contributed by atoms with Gasteiger partial charge in [-0.05, 0) is 26.0 Å². The average Bonchev–Trinajstić information content (AvgIpc) is 2.46. The molecule has 116 valence electrons. The lowest BCUT2D eigenvalue weighted by Gasteiger charge is -2.25. The van der Waals surface area contributed by atoms with E-state index in [-0.39, 0.29) is 18.5 Å². The highest BCUT2D eigenvalue weighted by Crippen LogP contribution is 2.18. The van der Waals surface area contributed by atoms with Gasteiger partial charge in [0.1, 0.15) is 0 Å². The molecule has 1 aromatic carbocycles. The van der Waals surface area contributed by atoms with E-state index in [2.05, 4.69) is 12.2 Å². The van der Waals surface area contributed by atoms with Gasteiger partial charge in [-0.15, -0.1) is 0 Å². The molecule has 0 aromatic heterocycles. The van der Waals surface area contributed by atoms with Crippen LogP contribution in [0.2, 0.25) is 0 Å². The maximum Gasteiger partial charge on any atom is 0.317 e. The van der Waals surface area contributed by atoms with Gasteiger partial charge in [-0.2, -0.15) is 0 Å². The minimum Gasteiger partial charge on any atom is -0.480 e. The Labute approximate surface area is 126 Å². The Kier molecular flexibility index (Phi) is 6.88. The van der Waals surface area contributed by atoms with Crippen LogP contribution in [0.3, 0.4) is 0 Å². The summed E-state index contributed by atoms with van der Waals surface area (Å²) in [6.45, 7) is 3.63. The van der Waals surface area contributed by atoms with Crippen LogP contribution in [0.25, 0.3) is 0 Å². The molecule has 1 aromatic rings. The smallest absolute Gasteiger partial charge is 0.317 e. The number of carbonyl (C=O) groups is 2. The van der Waals surface area contributed by atoms with Gasteiger partial charge in [-0.1, -0.05) is 43.7 Å². The second kappa shape index (κ2) is 8.42. The molecule has 21 heavy (non-hydrogen) atoms. The molecule has 0 aliphatic rings. The van der Waals surface area contributed by atoms with Crippen LogP contribution >= 0.6 is 0 Å². The first kappa shape index (κ1) is 17.2. The predicted molar refractivity (Wildman–Crippen MR) is 82.0 cm³/mol. The van der Waals surface area contributed by atoms with E-state index in [1.54, 1.807) is 14.0 Å². The Balaban J connectivity index is 2.70. The summed E-state index contributed by atoms with van der Waals surface area (Å²) < 4.78 is 0. The highest BCUT2D eigenvalue weighted by molar-refractivity contribution is 5.82. The number of carbonyl (C=O) groups excluding carboxylic acids is 1. The molecule has 5 heteroatoms. The summed E-state index contributed by atoms with van der Waals surface area (Å²) in [5.74, 6) is -1.09. The van der Waals surface area contributed by atoms with Gasteiger partial charge in [0, 0.05) is 0 Å². The minimum absolute atomic E-state index is 0.0376. The Bertz CT molecular complexity index is 462. The average molecular weight is 292 g/mol. The van der Waals surface area contributed by atoms with Gasteiger partial charge in [0.15, 0.2) is 0 Å². The Morgan fingerprint density at radius 1 is 1.29 bits per heavy atom. The van der Waals surface area contributed by atoms with Crippen LogP contribution in [0.4, 0.5) is 0 Å². The maximum atomic E-state index is 12.3. The third kappa shape index (κ3) is 5.55. The van der Waals surface area contributed by atoms with Crippen molar-refractivity contribution < 1.29 is 14.7 Å². The maximum absolute atomic E-state index is 12.3. The van der Waals surface area contributed by atoms with E-state index in [0.717, 1.165) is 18.4 Å². The van der Waals surface area contributed by atoms with Gasteiger partial charge >= 0.3 is 5.97 Å². The number of nitrogens with zero attached hydrogens (tertiary/aromatic N) is 1. The fourth-order valence-electron chi connectivity index (χ4n) is 2.14. The summed E-state index contributed by atoms with van der Waals surface area (Å²) in [4.78, 5) is 24.5. The van der Waals surface area contributed by atoms with E-state index in [1.165, 1.54) is 4.90 Å². The number of likely N-dealkylation sites (N-methyl/N-ethyl adjacent to an activating group) is 1. The van der Waals surface area contributed by atoms with Crippen molar-refractivity contribution in [3.63, 3.8) is 0 Å². The van der Waals surface area contributed by atoms with Crippen molar-refractivity contribution in [2.75, 3.05) is 13.6 Å². The van der Waals surface area contributed by atoms with E-state index < -0.39 is 12.0 Å². The van der Waals surface area contributed by atoms with E-state index >= 15 is 0 Å². The van der Waals surface area contributed by atoms with Crippen LogP contribution in [0.5, 0.6) is 0 Å². The number of amides is 1. The van der Waals surface area contributed by atoms with Crippen molar-refractivity contribution in [3.8, 4) is 0 Å². The SMILES string of the molecule is CCCC(NC(=O)C(C)N(C)CC(=O)O)c1ccccc1. The first-order valence-electron chi connectivity index (χ1n) is 7.23. The number of aliphatic carboxylic acids is 1. The second-order valence-corrected chi connectivity index (χ2v) is 5.25. The lowest BCUT2D eigenvalue weighted by atomic mass is 10.0. The molecule has 0 aliphatic carbocycles. The summed E-state index contributed by atoms with van der Waals surface area (Å²) in [5.41, 5.74) is 1.07. The number of benzene rings is 1. The summed E-state index contributed by atoms with van der Waals surface area (Å²) in [6.07, 6.45) is 1.81. The number of carboxylic acids is 1. The summed E-state index contributed by atoms with van der Waals surface area (Å²) in [6, 6.07) is 9.30. The highest BCUT2D eigenvalue weighted by Gasteiger charge is 2.22. The monoisotopic (exact) mass is 292 g/mol. The van der Waals surface area contributed by atoms with Gasteiger partial charge in [0.05, 0.1) is 18.6 Å². The lowest BCUT2D eigenvalue weighted by molar-refractivity contribution is -0.139. The molecule has 2 unspecified atom stereocenters. The predicted octanol–water partition coefficient (Wildman–Crippen LogP) is 2.05. The van der Waals surface area contributed by atoms with Crippen molar-refractivity contribution in [3.05, 3.63) is 35.9 Å². The molecule has 2 N–H and O–H groups in total. The fourth-order valence-corrected chi connectivity index (χ4v) is 2.14. The van der Waals surface area contributed by atoms with E-state index in [4.69, 9.17) is 5.11 Å². The molecule has 0 radical (unpaired) electrons. The van der Waals surface area contributed by atoms with Crippen LogP contribution in [0.1, 0.15) is 38.3 Å². The zero-order valence-electron chi connectivity index (χ0n) is 12.9. The van der Waals surface area contributed by atoms with Crippen LogP contribution in [-0.2, 0) is 9.59 Å². The van der Waals surface area contributed by atoms with Crippen molar-refractivity contribution in [1.82, 2.24) is 10.2 Å². The van der Waals surface area contributed by atoms with Crippen LogP contribution in [0, 0.1) is 0 Å². The summed E-state index contributed by atoms with van der Waals surface area (Å²) >= 11 is 0. The van der Waals surface area contributed by atoms with Crippen molar-refractivity contribution in [1.29, 1.82) is 0 Å². The lowest BCUT2D eigenvalue weighted by Crippen LogP contribution is -2.46. The first-order valence-corrected chi connectivity index (χ1v) is 7.23. The van der Waals surface area contributed by atoms with Crippen LogP contribution < -0.4 is 5.32 Å². The molecular formula is C16H24N2O3. The molecule has 0 aliphatic heterocycles. The van der Waals surface area contributed by atoms with Gasteiger partial charge in [-0.3, -0.25) is 14.5 Å². The third-order valence-electron chi connectivity index (χ3n) is 3.52. The number of rotatable bonds is 8. The molecule has 0 saturated carbocycles. The fraction of sp³-hybridized carbons (Fsp3) is 0.500. The normalized spacial score (nSPS) is 13.7. The number of hydrogen-bond donors (Lipinski definition) is 2. The molecule has 0 fully saturated rings. The van der Waals surface area contributed by atoms with E-state index in [1.807, 2.05) is 30.3 Å². The Morgan fingerprint density at radius 3 is 2.43 bits per heavy atom. The first-order chi connectivity index (χ1) is 9.95. The molecular weight excluding hydrogens is 268 g/mol. The highest BCUT2D eigenvalue weighted by atomic mass is 16.4. The molecule has 0 saturated heterocycles. The molecule has 1 amide bonds. The topological polar surface area (TPSA) is 69.6 Å². The molecule has 0 heterocycles. The third-order valence-corrected chi connectivity index (χ3v) is 3.52. The second-order valence-electron chi connectivity index (χ2n) is 5.25. The number of hydrogen-bond acceptors (Lipinski definition) is 3. The molecule has 5 nitrogen and oxygen atoms in total. The zero-order valence-corrected chi connectivity index (χ0v) is 12.9. The Morgan fingerprint density at radius 2 is 1.90 bits per heavy atom. The van der Waals surface area contributed by atoms with Gasteiger partial charge < -0.3 is 10.4 Å². The standard InChI is InChI=1S/C16H24N2O3/c1-4-8-14(13-9-6-5-7-10-13)17-16(21)12(2)18(3)11-15(19)20/h5-7,9-10,12,14H,4,8,11H2,1-3H3,(H,17,21)(H,19,20). The molecule has 0 bridgehead atoms. The summed E-state index contributed by atoms with van der Waals surface area (Å²) in [5, 5.41) is 11.8. The van der Waals surface area contributed by atoms with Crippen LogP contribution in [0.15, 0.2) is 30.3 Å². The van der Waals surface area contributed by atoms with E-state index in [9.17, 15) is 9.59 Å². The van der Waals surface area contributed by atoms with Crippen LogP contribution in [-0.4, -0.2) is 41.5 Å². The molecule has 1 rings (SSSR count). The summed E-state index contributed by atoms with van der Waals surface area (Å²) in [7, 11) is 1.63. The molecule has 0 spiro atoms. The zero-order chi connectivity index (χ0) is 15.8. The van der Waals surface area contributed by atoms with Gasteiger partial charge in [0.2, 0.25) is 5.91 Å². The quantitative estimate of drug-likeness (QED) is 0.769. The Hall–Kier alpha value is -1.88. The number of carboxylic acid groups (broad SMARTS) is 1. The van der Waals surface area contributed by atoms with Crippen molar-refractivity contribution in [2.45, 2.75) is 38.8 Å². The van der Waals surface area contributed by atoms with E-state index in [0.29, 0.717) is 0 Å². The minimum atomic E-state index is -0.940. The van der Waals surface area contributed by atoms with Gasteiger partial charge in [0.25, 0.3) is 0 Å².